The van der Waals surface area contributed by atoms with Crippen molar-refractivity contribution in [1.29, 1.82) is 0 Å². The molecule has 1 N–H and O–H groups in total. The highest BCUT2D eigenvalue weighted by molar-refractivity contribution is 7.92. The van der Waals surface area contributed by atoms with E-state index in [9.17, 15) is 18.0 Å². The van der Waals surface area contributed by atoms with E-state index in [2.05, 4.69) is 5.32 Å². The smallest absolute Gasteiger partial charge is 0.244 e. The SMILES string of the molecule is CCNC(=O)C(C)N(Cc1c(Cl)cccc1Cl)C(=O)CN(c1ccc(Cl)c(Cl)c1)S(C)(=O)=O. The Morgan fingerprint density at radius 3 is 2.12 bits per heavy atom. The maximum atomic E-state index is 13.4. The standard InChI is InChI=1S/C21H23Cl4N3O4S/c1-4-26-21(30)13(2)27(11-15-16(22)6-5-7-17(15)23)20(29)12-28(33(3,31)32)14-8-9-18(24)19(25)10-14/h5-10,13H,4,11-12H2,1-3H3,(H,26,30). The van der Waals surface area contributed by atoms with Gasteiger partial charge in [0, 0.05) is 28.7 Å². The molecule has 180 valence electrons. The van der Waals surface area contributed by atoms with E-state index in [1.54, 1.807) is 25.1 Å². The van der Waals surface area contributed by atoms with E-state index in [-0.39, 0.29) is 22.3 Å². The lowest BCUT2D eigenvalue weighted by Crippen LogP contribution is -2.51. The number of rotatable bonds is 9. The zero-order valence-electron chi connectivity index (χ0n) is 18.1. The summed E-state index contributed by atoms with van der Waals surface area (Å²) in [4.78, 5) is 27.2. The molecule has 0 spiro atoms. The molecular formula is C21H23Cl4N3O4S. The molecular weight excluding hydrogens is 532 g/mol. The first kappa shape index (κ1) is 27.5. The van der Waals surface area contributed by atoms with E-state index in [1.807, 2.05) is 0 Å². The van der Waals surface area contributed by atoms with Crippen LogP contribution in [0.4, 0.5) is 5.69 Å². The maximum Gasteiger partial charge on any atom is 0.244 e. The summed E-state index contributed by atoms with van der Waals surface area (Å²) >= 11 is 24.5. The molecule has 7 nitrogen and oxygen atoms in total. The number of nitrogens with zero attached hydrogens (tertiary/aromatic N) is 2. The molecule has 1 atom stereocenters. The van der Waals surface area contributed by atoms with Gasteiger partial charge in [0.25, 0.3) is 0 Å². The van der Waals surface area contributed by atoms with E-state index in [4.69, 9.17) is 46.4 Å². The predicted octanol–water partition coefficient (Wildman–Crippen LogP) is 4.62. The van der Waals surface area contributed by atoms with E-state index in [0.717, 1.165) is 10.6 Å². The van der Waals surface area contributed by atoms with Gasteiger partial charge in [-0.3, -0.25) is 13.9 Å². The summed E-state index contributed by atoms with van der Waals surface area (Å²) < 4.78 is 25.9. The summed E-state index contributed by atoms with van der Waals surface area (Å²) in [7, 11) is -3.89. The lowest BCUT2D eigenvalue weighted by atomic mass is 10.1. The highest BCUT2D eigenvalue weighted by Crippen LogP contribution is 2.29. The number of hydrogen-bond acceptors (Lipinski definition) is 4. The molecule has 0 bridgehead atoms. The maximum absolute atomic E-state index is 13.4. The highest BCUT2D eigenvalue weighted by atomic mass is 35.5. The third-order valence-electron chi connectivity index (χ3n) is 4.78. The van der Waals surface area contributed by atoms with Gasteiger partial charge in [0.05, 0.1) is 22.0 Å². The Labute approximate surface area is 213 Å². The average molecular weight is 555 g/mol. The van der Waals surface area contributed by atoms with E-state index in [0.29, 0.717) is 22.2 Å². The fraction of sp³-hybridized carbons (Fsp3) is 0.333. The molecule has 33 heavy (non-hydrogen) atoms. The normalized spacial score (nSPS) is 12.2. The zero-order valence-corrected chi connectivity index (χ0v) is 22.0. The molecule has 2 rings (SSSR count). The number of halogens is 4. The third-order valence-corrected chi connectivity index (χ3v) is 7.37. The second kappa shape index (κ2) is 11.6. The molecule has 0 aliphatic carbocycles. The van der Waals surface area contributed by atoms with E-state index in [1.165, 1.54) is 30.0 Å². The van der Waals surface area contributed by atoms with Gasteiger partial charge in [0.1, 0.15) is 12.6 Å². The Hall–Kier alpha value is -1.71. The average Bonchev–Trinajstić information content (AvgIpc) is 2.72. The molecule has 12 heteroatoms. The van der Waals surface area contributed by atoms with Crippen LogP contribution in [0.1, 0.15) is 19.4 Å². The quantitative estimate of drug-likeness (QED) is 0.490. The first-order valence-corrected chi connectivity index (χ1v) is 13.2. The number of likely N-dealkylation sites (N-methyl/N-ethyl adjacent to an activating group) is 1. The van der Waals surface area contributed by atoms with Crippen molar-refractivity contribution in [3.05, 3.63) is 62.1 Å². The molecule has 0 saturated heterocycles. The molecule has 0 heterocycles. The summed E-state index contributed by atoms with van der Waals surface area (Å²) in [5, 5.41) is 3.65. The van der Waals surface area contributed by atoms with Gasteiger partial charge < -0.3 is 10.2 Å². The first-order chi connectivity index (χ1) is 15.4. The summed E-state index contributed by atoms with van der Waals surface area (Å²) in [6.07, 6.45) is 0.964. The van der Waals surface area contributed by atoms with Crippen LogP contribution in [-0.2, 0) is 26.2 Å². The van der Waals surface area contributed by atoms with E-state index < -0.39 is 34.4 Å². The van der Waals surface area contributed by atoms with Gasteiger partial charge >= 0.3 is 0 Å². The molecule has 0 fully saturated rings. The monoisotopic (exact) mass is 553 g/mol. The lowest BCUT2D eigenvalue weighted by molar-refractivity contribution is -0.139. The number of benzene rings is 2. The van der Waals surface area contributed by atoms with E-state index >= 15 is 0 Å². The van der Waals surface area contributed by atoms with Gasteiger partial charge in [-0.1, -0.05) is 52.5 Å². The Balaban J connectivity index is 2.46. The van der Waals surface area contributed by atoms with Crippen molar-refractivity contribution in [3.63, 3.8) is 0 Å². The lowest BCUT2D eigenvalue weighted by Gasteiger charge is -2.32. The number of nitrogens with one attached hydrogen (secondary N) is 1. The Morgan fingerprint density at radius 2 is 1.61 bits per heavy atom. The van der Waals surface area contributed by atoms with Crippen LogP contribution in [0.25, 0.3) is 0 Å². The fourth-order valence-electron chi connectivity index (χ4n) is 3.01. The second-order valence-corrected chi connectivity index (χ2v) is 10.7. The Kier molecular flexibility index (Phi) is 9.70. The number of anilines is 1. The van der Waals surface area contributed by atoms with Gasteiger partial charge in [0.15, 0.2) is 0 Å². The second-order valence-electron chi connectivity index (χ2n) is 7.16. The van der Waals surface area contributed by atoms with Crippen LogP contribution < -0.4 is 9.62 Å². The van der Waals surface area contributed by atoms with Crippen molar-refractivity contribution in [2.75, 3.05) is 23.7 Å². The molecule has 0 aromatic heterocycles. The van der Waals surface area contributed by atoms with Gasteiger partial charge in [0.2, 0.25) is 21.8 Å². The minimum atomic E-state index is -3.89. The number of hydrogen-bond donors (Lipinski definition) is 1. The van der Waals surface area contributed by atoms with Crippen molar-refractivity contribution in [1.82, 2.24) is 10.2 Å². The largest absolute Gasteiger partial charge is 0.355 e. The number of sulfonamides is 1. The molecule has 2 aromatic carbocycles. The molecule has 0 aliphatic rings. The first-order valence-electron chi connectivity index (χ1n) is 9.79. The van der Waals surface area contributed by atoms with Crippen LogP contribution in [0, 0.1) is 0 Å². The van der Waals surface area contributed by atoms with Crippen LogP contribution in [0.2, 0.25) is 20.1 Å². The van der Waals surface area contributed by atoms with Crippen molar-refractivity contribution in [2.24, 2.45) is 0 Å². The van der Waals surface area contributed by atoms with Crippen LogP contribution >= 0.6 is 46.4 Å². The minimum absolute atomic E-state index is 0.103. The van der Waals surface area contributed by atoms with Crippen molar-refractivity contribution < 1.29 is 18.0 Å². The topological polar surface area (TPSA) is 86.8 Å². The van der Waals surface area contributed by atoms with Crippen molar-refractivity contribution in [2.45, 2.75) is 26.4 Å². The molecule has 2 aromatic rings. The van der Waals surface area contributed by atoms with Crippen LogP contribution in [0.3, 0.4) is 0 Å². The summed E-state index contributed by atoms with van der Waals surface area (Å²) in [5.41, 5.74) is 0.590. The number of carbonyl (C=O) groups excluding carboxylic acids is 2. The minimum Gasteiger partial charge on any atom is -0.355 e. The molecule has 0 saturated carbocycles. The number of carbonyl (C=O) groups is 2. The summed E-state index contributed by atoms with van der Waals surface area (Å²) in [6, 6.07) is 8.16. The zero-order chi connectivity index (χ0) is 24.9. The fourth-order valence-corrected chi connectivity index (χ4v) is 4.66. The summed E-state index contributed by atoms with van der Waals surface area (Å²) in [6.45, 7) is 2.96. The number of amides is 2. The predicted molar refractivity (Wildman–Crippen MR) is 134 cm³/mol. The van der Waals surface area contributed by atoms with Gasteiger partial charge in [-0.2, -0.15) is 0 Å². The van der Waals surface area contributed by atoms with Gasteiger partial charge in [-0.25, -0.2) is 8.42 Å². The highest BCUT2D eigenvalue weighted by Gasteiger charge is 2.31. The summed E-state index contributed by atoms with van der Waals surface area (Å²) in [5.74, 6) is -1.05. The van der Waals surface area contributed by atoms with Crippen LogP contribution in [0.5, 0.6) is 0 Å². The molecule has 2 amide bonds. The molecule has 0 aliphatic heterocycles. The Morgan fingerprint density at radius 1 is 1.00 bits per heavy atom. The Bertz CT molecular complexity index is 1120. The molecule has 1 unspecified atom stereocenters. The van der Waals surface area contributed by atoms with Crippen molar-refractivity contribution in [3.8, 4) is 0 Å². The third kappa shape index (κ3) is 7.13. The molecule has 0 radical (unpaired) electrons. The van der Waals surface area contributed by atoms with Gasteiger partial charge in [-0.05, 0) is 44.2 Å². The van der Waals surface area contributed by atoms with Crippen LogP contribution in [0.15, 0.2) is 36.4 Å². The van der Waals surface area contributed by atoms with Crippen LogP contribution in [-0.4, -0.2) is 50.5 Å². The van der Waals surface area contributed by atoms with Gasteiger partial charge in [-0.15, -0.1) is 0 Å². The van der Waals surface area contributed by atoms with Crippen molar-refractivity contribution >= 4 is 73.9 Å².